The van der Waals surface area contributed by atoms with E-state index < -0.39 is 51.8 Å². The van der Waals surface area contributed by atoms with Crippen LogP contribution in [-0.4, -0.2) is 41.9 Å². The molecule has 0 aromatic heterocycles. The lowest BCUT2D eigenvalue weighted by molar-refractivity contribution is -0.734. The molecule has 2 atom stereocenters. The standard InChI is InChI=1S/C26H15Cl2F6N3O4/c1-35-24-21(38)36(18-12-16(27)11-17(28)13-18)22(39)37(24,2)23(24,14-3-7-19(8-4-14)40-25(29,30)31)15-5-9-20(10-6-15)41-26(32,33)34/h1,3-13H,2H3/q+2/t24-,37?/m0/s1. The fourth-order valence-corrected chi connectivity index (χ4v) is 6.24. The van der Waals surface area contributed by atoms with Crippen molar-refractivity contribution < 1.29 is 49.9 Å². The number of carbonyl (C=O) groups excluding carboxylic acids is 2. The maximum Gasteiger partial charge on any atom is 0.573 e. The summed E-state index contributed by atoms with van der Waals surface area (Å²) < 4.78 is 83.6. The van der Waals surface area contributed by atoms with Crippen LogP contribution in [0.3, 0.4) is 0 Å². The number of alkyl halides is 6. The molecule has 41 heavy (non-hydrogen) atoms. The minimum absolute atomic E-state index is 0.00354. The van der Waals surface area contributed by atoms with Crippen molar-refractivity contribution in [1.29, 1.82) is 0 Å². The van der Waals surface area contributed by atoms with Crippen LogP contribution in [0.4, 0.5) is 36.8 Å². The van der Waals surface area contributed by atoms with Crippen molar-refractivity contribution in [1.82, 2.24) is 0 Å². The number of hydrogen-bond acceptors (Lipinski definition) is 4. The van der Waals surface area contributed by atoms with Gasteiger partial charge in [0.25, 0.3) is 6.57 Å². The number of likely N-dealkylation sites (N-methyl/N-ethyl adjacent to an activating group) is 1. The van der Waals surface area contributed by atoms with Gasteiger partial charge in [-0.25, -0.2) is 4.79 Å². The number of imide groups is 1. The molecule has 0 aliphatic carbocycles. The number of nitrogens with zero attached hydrogens (tertiary/aromatic N) is 3. The highest BCUT2D eigenvalue weighted by Gasteiger charge is 3.12. The number of fused-ring (bicyclic) bond motifs is 1. The molecule has 3 amide bonds. The number of benzene rings is 3. The minimum Gasteiger partial charge on any atom is -0.406 e. The van der Waals surface area contributed by atoms with Gasteiger partial charge in [0, 0.05) is 26.0 Å². The van der Waals surface area contributed by atoms with Gasteiger partial charge in [-0.2, -0.15) is 4.90 Å². The smallest absolute Gasteiger partial charge is 0.406 e. The minimum atomic E-state index is -5.00. The van der Waals surface area contributed by atoms with Gasteiger partial charge >= 0.3 is 35.9 Å². The Morgan fingerprint density at radius 3 is 1.56 bits per heavy atom. The fourth-order valence-electron chi connectivity index (χ4n) is 5.73. The van der Waals surface area contributed by atoms with Crippen LogP contribution in [0, 0.1) is 6.57 Å². The average molecular weight is 618 g/mol. The SMILES string of the molecule is C#[N+][C@@]12C(=O)N(c3cc(Cl)cc(Cl)c3)C(=O)[N+]1(C)C2(c1ccc(OC(F)(F)F)cc1)c1ccc(OC(F)(F)F)cc1. The van der Waals surface area contributed by atoms with E-state index >= 15 is 0 Å². The molecule has 0 bridgehead atoms. The van der Waals surface area contributed by atoms with E-state index in [1.54, 1.807) is 0 Å². The van der Waals surface area contributed by atoms with E-state index in [1.807, 2.05) is 0 Å². The second kappa shape index (κ2) is 9.01. The van der Waals surface area contributed by atoms with Crippen LogP contribution in [0.1, 0.15) is 11.1 Å². The van der Waals surface area contributed by atoms with Crippen LogP contribution in [0.25, 0.3) is 4.85 Å². The van der Waals surface area contributed by atoms with Gasteiger partial charge < -0.3 is 9.47 Å². The molecule has 0 saturated carbocycles. The molecule has 2 saturated heterocycles. The Kier molecular flexibility index (Phi) is 6.27. The summed E-state index contributed by atoms with van der Waals surface area (Å²) in [6.45, 7) is 5.83. The lowest BCUT2D eigenvalue weighted by atomic mass is 9.83. The summed E-state index contributed by atoms with van der Waals surface area (Å²) in [5, 5.41) is 0.216. The van der Waals surface area contributed by atoms with Crippen molar-refractivity contribution in [2.75, 3.05) is 11.9 Å². The van der Waals surface area contributed by atoms with Crippen LogP contribution < -0.4 is 14.4 Å². The summed E-state index contributed by atoms with van der Waals surface area (Å²) >= 11 is 12.1. The zero-order valence-electron chi connectivity index (χ0n) is 20.4. The number of hydrogen-bond donors (Lipinski definition) is 0. The van der Waals surface area contributed by atoms with Gasteiger partial charge in [0.05, 0.1) is 12.7 Å². The molecule has 5 rings (SSSR count). The van der Waals surface area contributed by atoms with Gasteiger partial charge in [-0.3, -0.25) is 4.79 Å². The first-order chi connectivity index (χ1) is 19.0. The Bertz CT molecular complexity index is 1540. The molecule has 0 radical (unpaired) electrons. The number of ether oxygens (including phenoxy) is 2. The molecule has 2 fully saturated rings. The predicted molar refractivity (Wildman–Crippen MR) is 134 cm³/mol. The lowest BCUT2D eigenvalue weighted by Gasteiger charge is -2.22. The number of rotatable bonds is 5. The Morgan fingerprint density at radius 2 is 1.22 bits per heavy atom. The first kappa shape index (κ1) is 28.5. The highest BCUT2D eigenvalue weighted by Crippen LogP contribution is 2.73. The Hall–Kier alpha value is -3.99. The van der Waals surface area contributed by atoms with Crippen molar-refractivity contribution in [3.63, 3.8) is 0 Å². The second-order valence-electron chi connectivity index (χ2n) is 9.21. The molecule has 0 N–H and O–H groups in total. The summed E-state index contributed by atoms with van der Waals surface area (Å²) in [5.74, 6) is -2.13. The maximum absolute atomic E-state index is 14.1. The summed E-state index contributed by atoms with van der Waals surface area (Å²) in [7, 11) is 1.32. The van der Waals surface area contributed by atoms with E-state index in [2.05, 4.69) is 14.3 Å². The van der Waals surface area contributed by atoms with E-state index in [0.717, 1.165) is 29.2 Å². The summed E-state index contributed by atoms with van der Waals surface area (Å²) in [4.78, 5) is 32.8. The van der Waals surface area contributed by atoms with Crippen LogP contribution >= 0.6 is 23.2 Å². The first-order valence-corrected chi connectivity index (χ1v) is 12.1. The van der Waals surface area contributed by atoms with Crippen molar-refractivity contribution in [2.24, 2.45) is 0 Å². The van der Waals surface area contributed by atoms with Gasteiger partial charge in [0.15, 0.2) is 0 Å². The third-order valence-electron chi connectivity index (χ3n) is 7.15. The molecule has 212 valence electrons. The van der Waals surface area contributed by atoms with Crippen molar-refractivity contribution in [3.8, 4) is 18.1 Å². The molecule has 3 aromatic rings. The number of anilines is 1. The lowest BCUT2D eigenvalue weighted by Crippen LogP contribution is -2.47. The summed E-state index contributed by atoms with van der Waals surface area (Å²) in [6, 6.07) is 11.7. The quantitative estimate of drug-likeness (QED) is 0.130. The molecule has 2 heterocycles. The van der Waals surface area contributed by atoms with E-state index in [4.69, 9.17) is 29.8 Å². The molecule has 15 heteroatoms. The number of halogens is 8. The number of quaternary nitrogens is 1. The molecule has 3 aromatic carbocycles. The number of carbonyl (C=O) groups is 2. The Labute approximate surface area is 237 Å². The number of amides is 3. The van der Waals surface area contributed by atoms with E-state index in [1.165, 1.54) is 49.5 Å². The fraction of sp³-hybridized carbons (Fsp3) is 0.192. The molecule has 1 unspecified atom stereocenters. The number of urea groups is 1. The highest BCUT2D eigenvalue weighted by atomic mass is 35.5. The van der Waals surface area contributed by atoms with Crippen molar-refractivity contribution in [2.45, 2.75) is 23.9 Å². The average Bonchev–Trinajstić information content (AvgIpc) is 3.31. The van der Waals surface area contributed by atoms with E-state index in [-0.39, 0.29) is 26.9 Å². The molecule has 2 aliphatic heterocycles. The van der Waals surface area contributed by atoms with Crippen molar-refractivity contribution >= 4 is 40.8 Å². The highest BCUT2D eigenvalue weighted by molar-refractivity contribution is 6.35. The van der Waals surface area contributed by atoms with Gasteiger partial charge in [-0.15, -0.1) is 30.8 Å². The van der Waals surface area contributed by atoms with Crippen LogP contribution in [0.15, 0.2) is 66.7 Å². The molecular weight excluding hydrogens is 603 g/mol. The Morgan fingerprint density at radius 1 is 0.805 bits per heavy atom. The summed E-state index contributed by atoms with van der Waals surface area (Å²) in [5.41, 5.74) is -3.75. The topological polar surface area (TPSA) is 60.2 Å². The van der Waals surface area contributed by atoms with E-state index in [9.17, 15) is 35.9 Å². The van der Waals surface area contributed by atoms with Gasteiger partial charge in [0.2, 0.25) is 0 Å². The van der Waals surface area contributed by atoms with Crippen molar-refractivity contribution in [3.05, 3.63) is 92.7 Å². The maximum atomic E-state index is 14.1. The molecule has 2 aliphatic rings. The zero-order chi connectivity index (χ0) is 30.2. The largest absolute Gasteiger partial charge is 0.573 e. The van der Waals surface area contributed by atoms with E-state index in [0.29, 0.717) is 0 Å². The molecular formula is C26H15Cl2F6N3O4+2. The summed E-state index contributed by atoms with van der Waals surface area (Å²) in [6.07, 6.45) is -9.99. The van der Waals surface area contributed by atoms with Gasteiger partial charge in [-0.05, 0) is 66.7 Å². The zero-order valence-corrected chi connectivity index (χ0v) is 21.9. The van der Waals surface area contributed by atoms with Crippen LogP contribution in [0.5, 0.6) is 11.5 Å². The normalized spacial score (nSPS) is 23.2. The Balaban J connectivity index is 1.69. The van der Waals surface area contributed by atoms with Crippen LogP contribution in [0.2, 0.25) is 10.0 Å². The third-order valence-corrected chi connectivity index (χ3v) is 7.59. The van der Waals surface area contributed by atoms with Gasteiger partial charge in [0.1, 0.15) is 11.5 Å². The van der Waals surface area contributed by atoms with Crippen LogP contribution in [-0.2, 0) is 10.3 Å². The molecule has 0 spiro atoms. The monoisotopic (exact) mass is 617 g/mol. The molecule has 7 nitrogen and oxygen atoms in total. The first-order valence-electron chi connectivity index (χ1n) is 11.4. The van der Waals surface area contributed by atoms with Gasteiger partial charge in [-0.1, -0.05) is 23.2 Å². The third kappa shape index (κ3) is 4.00. The second-order valence-corrected chi connectivity index (χ2v) is 10.1. The predicted octanol–water partition coefficient (Wildman–Crippen LogP) is 7.32.